The third-order valence-electron chi connectivity index (χ3n) is 7.28. The van der Waals surface area contributed by atoms with Crippen LogP contribution in [-0.2, 0) is 31.8 Å². The highest BCUT2D eigenvalue weighted by atomic mass is 16.7. The van der Waals surface area contributed by atoms with Crippen LogP contribution in [0.3, 0.4) is 0 Å². The zero-order chi connectivity index (χ0) is 27.9. The second kappa shape index (κ2) is 13.6. The summed E-state index contributed by atoms with van der Waals surface area (Å²) in [5.41, 5.74) is 4.02. The van der Waals surface area contributed by atoms with E-state index in [-0.39, 0.29) is 25.1 Å². The van der Waals surface area contributed by atoms with E-state index < -0.39 is 36.9 Å². The standard InChI is InChI=1S/C28H40N2O9/c1-4-6-12-36-28(34)37-16-22-23(31)24(32)25(33)27(38-22)39-26-21(14-19-9-7-18(5-2)8-10-19)17(3)30(29-26)20-11-13-35-15-20/h7-10,20,22-25,27,31-33H,4-6,11-16H2,1-3H3/t20?,22-,23-,24+,25-,27+/m1/s1. The molecule has 0 radical (unpaired) electrons. The lowest BCUT2D eigenvalue weighted by Gasteiger charge is -2.39. The van der Waals surface area contributed by atoms with Gasteiger partial charge in [-0.15, -0.1) is 5.10 Å². The minimum absolute atomic E-state index is 0.0491. The van der Waals surface area contributed by atoms with Crippen molar-refractivity contribution < 1.29 is 43.8 Å². The molecule has 4 rings (SSSR count). The van der Waals surface area contributed by atoms with Crippen LogP contribution in [0.2, 0.25) is 0 Å². The summed E-state index contributed by atoms with van der Waals surface area (Å²) in [4.78, 5) is 11.9. The lowest BCUT2D eigenvalue weighted by atomic mass is 9.99. The second-order valence-electron chi connectivity index (χ2n) is 10.1. The molecule has 11 heteroatoms. The van der Waals surface area contributed by atoms with Gasteiger partial charge in [-0.3, -0.25) is 4.68 Å². The summed E-state index contributed by atoms with van der Waals surface area (Å²) >= 11 is 0. The molecule has 1 aromatic carbocycles. The molecule has 2 fully saturated rings. The maximum Gasteiger partial charge on any atom is 0.508 e. The molecule has 0 spiro atoms. The molecule has 0 aliphatic carbocycles. The van der Waals surface area contributed by atoms with Crippen molar-refractivity contribution in [1.82, 2.24) is 9.78 Å². The van der Waals surface area contributed by atoms with Crippen molar-refractivity contribution in [2.45, 2.75) is 89.6 Å². The molecule has 39 heavy (non-hydrogen) atoms. The van der Waals surface area contributed by atoms with E-state index in [0.29, 0.717) is 26.1 Å². The first-order chi connectivity index (χ1) is 18.8. The first-order valence-electron chi connectivity index (χ1n) is 13.7. The van der Waals surface area contributed by atoms with Gasteiger partial charge in [0.15, 0.2) is 0 Å². The van der Waals surface area contributed by atoms with Gasteiger partial charge in [0.25, 0.3) is 0 Å². The highest BCUT2D eigenvalue weighted by Crippen LogP contribution is 2.32. The SMILES string of the molecule is CCCCOC(=O)OC[C@H]1O[C@@H](Oc2nn(C3CCOC3)c(C)c2Cc2ccc(CC)cc2)[C@H](O)[C@@H](O)[C@@H]1O. The predicted octanol–water partition coefficient (Wildman–Crippen LogP) is 2.45. The first kappa shape index (κ1) is 29.3. The maximum absolute atomic E-state index is 11.9. The summed E-state index contributed by atoms with van der Waals surface area (Å²) in [7, 11) is 0. The Morgan fingerprint density at radius 3 is 2.49 bits per heavy atom. The van der Waals surface area contributed by atoms with Crippen LogP contribution in [0.1, 0.15) is 61.5 Å². The maximum atomic E-state index is 11.9. The molecular formula is C28H40N2O9. The number of ether oxygens (including phenoxy) is 5. The summed E-state index contributed by atoms with van der Waals surface area (Å²) < 4.78 is 29.3. The van der Waals surface area contributed by atoms with Gasteiger partial charge in [0.2, 0.25) is 12.2 Å². The number of hydrogen-bond acceptors (Lipinski definition) is 10. The van der Waals surface area contributed by atoms with E-state index in [1.807, 2.05) is 18.5 Å². The summed E-state index contributed by atoms with van der Waals surface area (Å²) in [5.74, 6) is 0.255. The largest absolute Gasteiger partial charge is 0.508 e. The zero-order valence-corrected chi connectivity index (χ0v) is 22.8. The molecule has 1 unspecified atom stereocenters. The van der Waals surface area contributed by atoms with Crippen LogP contribution in [0.15, 0.2) is 24.3 Å². The van der Waals surface area contributed by atoms with Gasteiger partial charge in [-0.05, 0) is 37.3 Å². The Bertz CT molecular complexity index is 1070. The van der Waals surface area contributed by atoms with E-state index in [9.17, 15) is 20.1 Å². The number of rotatable bonds is 11. The van der Waals surface area contributed by atoms with Crippen LogP contribution in [0.25, 0.3) is 0 Å². The minimum Gasteiger partial charge on any atom is -0.443 e. The number of carbonyl (C=O) groups excluding carboxylic acids is 1. The zero-order valence-electron chi connectivity index (χ0n) is 22.8. The molecule has 0 bridgehead atoms. The Morgan fingerprint density at radius 1 is 1.08 bits per heavy atom. The van der Waals surface area contributed by atoms with Crippen LogP contribution in [0, 0.1) is 6.92 Å². The number of aliphatic hydroxyl groups is 3. The topological polar surface area (TPSA) is 142 Å². The molecule has 6 atom stereocenters. The molecule has 2 aromatic rings. The van der Waals surface area contributed by atoms with Gasteiger partial charge in [0.05, 0.1) is 19.3 Å². The fraction of sp³-hybridized carbons (Fsp3) is 0.643. The van der Waals surface area contributed by atoms with Crippen LogP contribution in [0.5, 0.6) is 5.88 Å². The summed E-state index contributed by atoms with van der Waals surface area (Å²) in [6.45, 7) is 7.04. The fourth-order valence-electron chi connectivity index (χ4n) is 4.75. The lowest BCUT2D eigenvalue weighted by molar-refractivity contribution is -0.278. The highest BCUT2D eigenvalue weighted by molar-refractivity contribution is 5.59. The van der Waals surface area contributed by atoms with Gasteiger partial charge < -0.3 is 39.0 Å². The minimum atomic E-state index is -1.59. The molecule has 0 amide bonds. The van der Waals surface area contributed by atoms with E-state index in [0.717, 1.165) is 36.1 Å². The Kier molecular flexibility index (Phi) is 10.2. The summed E-state index contributed by atoms with van der Waals surface area (Å²) in [6.07, 6.45) is -4.23. The number of carbonyl (C=O) groups is 1. The van der Waals surface area contributed by atoms with Crippen molar-refractivity contribution in [2.24, 2.45) is 0 Å². The Balaban J connectivity index is 1.52. The van der Waals surface area contributed by atoms with E-state index in [2.05, 4.69) is 31.2 Å². The average Bonchev–Trinajstić information content (AvgIpc) is 3.57. The van der Waals surface area contributed by atoms with Crippen molar-refractivity contribution in [3.8, 4) is 5.88 Å². The van der Waals surface area contributed by atoms with Crippen LogP contribution >= 0.6 is 0 Å². The van der Waals surface area contributed by atoms with Gasteiger partial charge in [-0.2, -0.15) is 0 Å². The Morgan fingerprint density at radius 2 is 1.82 bits per heavy atom. The molecule has 2 aliphatic rings. The third kappa shape index (κ3) is 7.09. The smallest absolute Gasteiger partial charge is 0.443 e. The predicted molar refractivity (Wildman–Crippen MR) is 140 cm³/mol. The lowest BCUT2D eigenvalue weighted by Crippen LogP contribution is -2.60. The van der Waals surface area contributed by atoms with Gasteiger partial charge in [-0.25, -0.2) is 4.79 Å². The highest BCUT2D eigenvalue weighted by Gasteiger charge is 2.46. The Labute approximate surface area is 228 Å². The molecule has 11 nitrogen and oxygen atoms in total. The second-order valence-corrected chi connectivity index (χ2v) is 10.1. The van der Waals surface area contributed by atoms with Crippen LogP contribution in [-0.4, -0.2) is 88.4 Å². The average molecular weight is 549 g/mol. The van der Waals surface area contributed by atoms with E-state index in [1.165, 1.54) is 5.56 Å². The first-order valence-corrected chi connectivity index (χ1v) is 13.7. The molecule has 1 aromatic heterocycles. The monoisotopic (exact) mass is 548 g/mol. The number of benzene rings is 1. The normalized spacial score (nSPS) is 26.9. The van der Waals surface area contributed by atoms with Crippen molar-refractivity contribution in [3.05, 3.63) is 46.6 Å². The number of hydrogen-bond donors (Lipinski definition) is 3. The Hall–Kier alpha value is -2.70. The molecule has 2 saturated heterocycles. The molecule has 0 saturated carbocycles. The van der Waals surface area contributed by atoms with Gasteiger partial charge in [0.1, 0.15) is 31.0 Å². The fourth-order valence-corrected chi connectivity index (χ4v) is 4.75. The van der Waals surface area contributed by atoms with E-state index in [4.69, 9.17) is 28.8 Å². The van der Waals surface area contributed by atoms with E-state index in [1.54, 1.807) is 0 Å². The quantitative estimate of drug-likeness (QED) is 0.283. The molecular weight excluding hydrogens is 508 g/mol. The van der Waals surface area contributed by atoms with Crippen molar-refractivity contribution in [1.29, 1.82) is 0 Å². The number of aryl methyl sites for hydroxylation is 1. The summed E-state index contributed by atoms with van der Waals surface area (Å²) in [6, 6.07) is 8.36. The molecule has 216 valence electrons. The van der Waals surface area contributed by atoms with Crippen molar-refractivity contribution in [2.75, 3.05) is 26.4 Å². The van der Waals surface area contributed by atoms with Gasteiger partial charge in [0, 0.05) is 24.3 Å². The number of aromatic nitrogens is 2. The number of nitrogens with zero attached hydrogens (tertiary/aromatic N) is 2. The molecule has 3 heterocycles. The third-order valence-corrected chi connectivity index (χ3v) is 7.28. The van der Waals surface area contributed by atoms with Crippen LogP contribution in [0.4, 0.5) is 4.79 Å². The van der Waals surface area contributed by atoms with E-state index >= 15 is 0 Å². The number of aliphatic hydroxyl groups excluding tert-OH is 3. The van der Waals surface area contributed by atoms with Crippen LogP contribution < -0.4 is 4.74 Å². The van der Waals surface area contributed by atoms with Gasteiger partial charge in [-0.1, -0.05) is 44.5 Å². The van der Waals surface area contributed by atoms with Crippen molar-refractivity contribution >= 4 is 6.16 Å². The summed E-state index contributed by atoms with van der Waals surface area (Å²) in [5, 5.41) is 36.4. The molecule has 2 aliphatic heterocycles. The van der Waals surface area contributed by atoms with Crippen molar-refractivity contribution in [3.63, 3.8) is 0 Å². The number of unbranched alkanes of at least 4 members (excludes halogenated alkanes) is 1. The van der Waals surface area contributed by atoms with Gasteiger partial charge >= 0.3 is 6.16 Å². The molecule has 3 N–H and O–H groups in total.